The average molecular weight is 294 g/mol. The Morgan fingerprint density at radius 2 is 1.95 bits per heavy atom. The van der Waals surface area contributed by atoms with Gasteiger partial charge >= 0.3 is 0 Å². The van der Waals surface area contributed by atoms with E-state index in [9.17, 15) is 0 Å². The van der Waals surface area contributed by atoms with Crippen molar-refractivity contribution in [2.45, 2.75) is 39.1 Å². The number of hydrogen-bond donors (Lipinski definition) is 0. The van der Waals surface area contributed by atoms with Crippen molar-refractivity contribution in [2.75, 3.05) is 6.61 Å². The lowest BCUT2D eigenvalue weighted by molar-refractivity contribution is 0.289. The number of rotatable bonds is 6. The molecule has 0 saturated carbocycles. The van der Waals surface area contributed by atoms with E-state index < -0.39 is 0 Å². The summed E-state index contributed by atoms with van der Waals surface area (Å²) in [7, 11) is 0. The van der Waals surface area contributed by atoms with Crippen LogP contribution in [0.4, 0.5) is 0 Å². The van der Waals surface area contributed by atoms with Crippen molar-refractivity contribution in [3.8, 4) is 5.75 Å². The van der Waals surface area contributed by atoms with Gasteiger partial charge in [0.05, 0.1) is 18.1 Å². The minimum absolute atomic E-state index is 0.0657. The monoisotopic (exact) mass is 293 g/mol. The lowest BCUT2D eigenvalue weighted by atomic mass is 10.1. The summed E-state index contributed by atoms with van der Waals surface area (Å²) in [6, 6.07) is 6.19. The molecule has 0 aliphatic heterocycles. The maximum atomic E-state index is 6.12. The molecule has 0 N–H and O–H groups in total. The molecule has 4 nitrogen and oxygen atoms in total. The maximum absolute atomic E-state index is 6.12. The first-order chi connectivity index (χ1) is 9.58. The van der Waals surface area contributed by atoms with Crippen LogP contribution in [0.15, 0.2) is 24.4 Å². The molecule has 2 rings (SSSR count). The molecule has 0 spiro atoms. The van der Waals surface area contributed by atoms with E-state index in [0.717, 1.165) is 17.9 Å². The van der Waals surface area contributed by atoms with Crippen LogP contribution in [0.2, 0.25) is 0 Å². The number of aromatic nitrogens is 3. The van der Waals surface area contributed by atoms with Gasteiger partial charge in [-0.15, -0.1) is 16.7 Å². The van der Waals surface area contributed by atoms with Gasteiger partial charge in [-0.2, -0.15) is 0 Å². The third kappa shape index (κ3) is 3.97. The van der Waals surface area contributed by atoms with Gasteiger partial charge in [-0.3, -0.25) is 0 Å². The third-order valence-electron chi connectivity index (χ3n) is 3.02. The highest BCUT2D eigenvalue weighted by Gasteiger charge is 2.09. The van der Waals surface area contributed by atoms with Gasteiger partial charge in [-0.25, -0.2) is 4.68 Å². The number of aryl methyl sites for hydroxylation is 2. The summed E-state index contributed by atoms with van der Waals surface area (Å²) in [6.45, 7) is 7.38. The van der Waals surface area contributed by atoms with Crippen LogP contribution >= 0.6 is 11.6 Å². The van der Waals surface area contributed by atoms with Gasteiger partial charge in [0.15, 0.2) is 0 Å². The molecule has 0 bridgehead atoms. The third-order valence-corrected chi connectivity index (χ3v) is 3.55. The topological polar surface area (TPSA) is 39.9 Å². The van der Waals surface area contributed by atoms with Gasteiger partial charge in [0, 0.05) is 0 Å². The average Bonchev–Trinajstić information content (AvgIpc) is 2.85. The van der Waals surface area contributed by atoms with E-state index in [4.69, 9.17) is 16.3 Å². The van der Waals surface area contributed by atoms with Gasteiger partial charge in [0.1, 0.15) is 18.1 Å². The van der Waals surface area contributed by atoms with Crippen LogP contribution in [-0.4, -0.2) is 21.6 Å². The van der Waals surface area contributed by atoms with Crippen molar-refractivity contribution in [2.24, 2.45) is 0 Å². The summed E-state index contributed by atoms with van der Waals surface area (Å²) in [6.07, 6.45) is 2.73. The quantitative estimate of drug-likeness (QED) is 0.763. The Bertz CT molecular complexity index is 548. The van der Waals surface area contributed by atoms with E-state index in [-0.39, 0.29) is 5.38 Å². The van der Waals surface area contributed by atoms with Crippen molar-refractivity contribution >= 4 is 11.6 Å². The van der Waals surface area contributed by atoms with E-state index in [1.54, 1.807) is 4.68 Å². The molecule has 1 atom stereocenters. The first-order valence-corrected chi connectivity index (χ1v) is 7.27. The molecule has 5 heteroatoms. The lowest BCUT2D eigenvalue weighted by Gasteiger charge is -2.08. The van der Waals surface area contributed by atoms with E-state index in [1.165, 1.54) is 11.1 Å². The summed E-state index contributed by atoms with van der Waals surface area (Å²) in [5, 5.41) is 8.05. The van der Waals surface area contributed by atoms with Crippen LogP contribution in [0, 0.1) is 13.8 Å². The maximum Gasteiger partial charge on any atom is 0.119 e. The Morgan fingerprint density at radius 3 is 2.60 bits per heavy atom. The van der Waals surface area contributed by atoms with E-state index >= 15 is 0 Å². The predicted octanol–water partition coefficient (Wildman–Crippen LogP) is 3.66. The molecule has 1 aromatic heterocycles. The molecule has 0 amide bonds. The molecule has 0 fully saturated rings. The number of benzene rings is 1. The molecule has 1 unspecified atom stereocenters. The van der Waals surface area contributed by atoms with Crippen molar-refractivity contribution in [3.05, 3.63) is 41.2 Å². The van der Waals surface area contributed by atoms with Crippen LogP contribution in [-0.2, 0) is 6.54 Å². The molecular formula is C15H20ClN3O. The number of ether oxygens (including phenoxy) is 1. The van der Waals surface area contributed by atoms with Crippen LogP contribution < -0.4 is 4.74 Å². The van der Waals surface area contributed by atoms with Crippen molar-refractivity contribution < 1.29 is 4.74 Å². The molecule has 20 heavy (non-hydrogen) atoms. The summed E-state index contributed by atoms with van der Waals surface area (Å²) >= 11 is 6.12. The van der Waals surface area contributed by atoms with Crippen LogP contribution in [0.1, 0.15) is 35.5 Å². The molecule has 0 radical (unpaired) electrons. The molecule has 0 aliphatic carbocycles. The number of nitrogens with zero attached hydrogens (tertiary/aromatic N) is 3. The second-order valence-electron chi connectivity index (χ2n) is 4.95. The first-order valence-electron chi connectivity index (χ1n) is 6.83. The van der Waals surface area contributed by atoms with Gasteiger partial charge < -0.3 is 4.74 Å². The molecule has 108 valence electrons. The van der Waals surface area contributed by atoms with Crippen LogP contribution in [0.25, 0.3) is 0 Å². The highest BCUT2D eigenvalue weighted by Crippen LogP contribution is 2.20. The number of halogens is 1. The molecule has 1 heterocycles. The van der Waals surface area contributed by atoms with Gasteiger partial charge in [0.25, 0.3) is 0 Å². The highest BCUT2D eigenvalue weighted by atomic mass is 35.5. The van der Waals surface area contributed by atoms with E-state index in [0.29, 0.717) is 13.2 Å². The minimum atomic E-state index is -0.0657. The van der Waals surface area contributed by atoms with E-state index in [1.807, 2.05) is 25.3 Å². The summed E-state index contributed by atoms with van der Waals surface area (Å²) < 4.78 is 7.51. The second kappa shape index (κ2) is 6.75. The van der Waals surface area contributed by atoms with Crippen LogP contribution in [0.3, 0.4) is 0 Å². The summed E-state index contributed by atoms with van der Waals surface area (Å²) in [5.74, 6) is 0.895. The fourth-order valence-electron chi connectivity index (χ4n) is 2.05. The Balaban J connectivity index is 1.88. The Labute approximate surface area is 124 Å². The Kier molecular flexibility index (Phi) is 5.01. The number of alkyl halides is 1. The van der Waals surface area contributed by atoms with Crippen LogP contribution in [0.5, 0.6) is 5.75 Å². The zero-order valence-electron chi connectivity index (χ0n) is 12.1. The normalized spacial score (nSPS) is 12.4. The van der Waals surface area contributed by atoms with Gasteiger partial charge in [-0.05, 0) is 43.5 Å². The van der Waals surface area contributed by atoms with Crippen molar-refractivity contribution in [1.29, 1.82) is 0 Å². The second-order valence-corrected chi connectivity index (χ2v) is 5.48. The standard InChI is InChI=1S/C15H20ClN3O/c1-4-14(16)15-10-19(18-17-15)5-6-20-13-8-11(2)7-12(3)9-13/h7-10,14H,4-6H2,1-3H3. The Morgan fingerprint density at radius 1 is 1.25 bits per heavy atom. The SMILES string of the molecule is CCC(Cl)c1cn(CCOc2cc(C)cc(C)c2)nn1. The fraction of sp³-hybridized carbons (Fsp3) is 0.467. The highest BCUT2D eigenvalue weighted by molar-refractivity contribution is 6.20. The zero-order valence-corrected chi connectivity index (χ0v) is 12.9. The largest absolute Gasteiger partial charge is 0.492 e. The zero-order chi connectivity index (χ0) is 14.5. The molecular weight excluding hydrogens is 274 g/mol. The molecule has 0 saturated heterocycles. The summed E-state index contributed by atoms with van der Waals surface area (Å²) in [5.41, 5.74) is 3.23. The van der Waals surface area contributed by atoms with Crippen molar-refractivity contribution in [3.63, 3.8) is 0 Å². The lowest BCUT2D eigenvalue weighted by Crippen LogP contribution is -2.09. The van der Waals surface area contributed by atoms with Gasteiger partial charge in [0.2, 0.25) is 0 Å². The fourth-order valence-corrected chi connectivity index (χ4v) is 2.15. The minimum Gasteiger partial charge on any atom is -0.492 e. The summed E-state index contributed by atoms with van der Waals surface area (Å²) in [4.78, 5) is 0. The molecule has 2 aromatic rings. The smallest absolute Gasteiger partial charge is 0.119 e. The molecule has 1 aromatic carbocycles. The Hall–Kier alpha value is -1.55. The predicted molar refractivity (Wildman–Crippen MR) is 80.3 cm³/mol. The van der Waals surface area contributed by atoms with Crippen molar-refractivity contribution in [1.82, 2.24) is 15.0 Å². The number of hydrogen-bond acceptors (Lipinski definition) is 3. The first kappa shape index (κ1) is 14.9. The van der Waals surface area contributed by atoms with E-state index in [2.05, 4.69) is 30.2 Å². The molecule has 0 aliphatic rings. The van der Waals surface area contributed by atoms with Gasteiger partial charge in [-0.1, -0.05) is 18.2 Å².